The fourth-order valence-electron chi connectivity index (χ4n) is 1.80. The summed E-state index contributed by atoms with van der Waals surface area (Å²) in [7, 11) is 0. The Labute approximate surface area is 122 Å². The summed E-state index contributed by atoms with van der Waals surface area (Å²) in [5.41, 5.74) is 4.59. The van der Waals surface area contributed by atoms with E-state index in [2.05, 4.69) is 5.43 Å². The number of rotatable bonds is 6. The molecule has 0 saturated heterocycles. The molecule has 2 rings (SSSR count). The Morgan fingerprint density at radius 2 is 1.67 bits per heavy atom. The number of nitrogens with two attached hydrogens (primary N) is 1. The van der Waals surface area contributed by atoms with Crippen LogP contribution >= 0.6 is 0 Å². The Balaban J connectivity index is 1.90. The van der Waals surface area contributed by atoms with Crippen molar-refractivity contribution in [1.82, 2.24) is 5.43 Å². The summed E-state index contributed by atoms with van der Waals surface area (Å²) in [4.78, 5) is 21.7. The zero-order valence-corrected chi connectivity index (χ0v) is 11.4. The standard InChI is InChI=1S/C16H16N2O3/c17-18-16(20)9-12-1-3-14(4-2-12)11-21-15-7-5-13(10-19)6-8-15/h1-8,10H,9,11,17H2,(H,18,20). The Bertz CT molecular complexity index is 606. The van der Waals surface area contributed by atoms with Gasteiger partial charge in [-0.05, 0) is 35.4 Å². The minimum absolute atomic E-state index is 0.228. The van der Waals surface area contributed by atoms with Gasteiger partial charge in [-0.2, -0.15) is 0 Å². The van der Waals surface area contributed by atoms with Crippen LogP contribution in [0.2, 0.25) is 0 Å². The van der Waals surface area contributed by atoms with Crippen LogP contribution in [0.5, 0.6) is 5.75 Å². The third-order valence-electron chi connectivity index (χ3n) is 2.97. The van der Waals surface area contributed by atoms with Gasteiger partial charge in [0.1, 0.15) is 18.6 Å². The van der Waals surface area contributed by atoms with Gasteiger partial charge in [-0.15, -0.1) is 0 Å². The van der Waals surface area contributed by atoms with Crippen molar-refractivity contribution in [2.45, 2.75) is 13.0 Å². The lowest BCUT2D eigenvalue weighted by Crippen LogP contribution is -2.31. The number of amides is 1. The number of hydrogen-bond donors (Lipinski definition) is 2. The first-order chi connectivity index (χ1) is 10.2. The van der Waals surface area contributed by atoms with Crippen molar-refractivity contribution in [3.63, 3.8) is 0 Å². The van der Waals surface area contributed by atoms with Crippen molar-refractivity contribution in [3.05, 3.63) is 65.2 Å². The van der Waals surface area contributed by atoms with Crippen molar-refractivity contribution >= 4 is 12.2 Å². The van der Waals surface area contributed by atoms with Gasteiger partial charge in [-0.25, -0.2) is 5.84 Å². The number of carbonyl (C=O) groups excluding carboxylic acids is 2. The third-order valence-corrected chi connectivity index (χ3v) is 2.97. The van der Waals surface area contributed by atoms with E-state index >= 15 is 0 Å². The second-order valence-corrected chi connectivity index (χ2v) is 4.54. The molecule has 0 spiro atoms. The van der Waals surface area contributed by atoms with E-state index in [9.17, 15) is 9.59 Å². The van der Waals surface area contributed by atoms with Gasteiger partial charge in [0.15, 0.2) is 0 Å². The van der Waals surface area contributed by atoms with Gasteiger partial charge >= 0.3 is 0 Å². The normalized spacial score (nSPS) is 9.95. The lowest BCUT2D eigenvalue weighted by Gasteiger charge is -2.07. The van der Waals surface area contributed by atoms with Gasteiger partial charge in [0.2, 0.25) is 5.91 Å². The van der Waals surface area contributed by atoms with Crippen LogP contribution in [-0.4, -0.2) is 12.2 Å². The maximum Gasteiger partial charge on any atom is 0.238 e. The summed E-state index contributed by atoms with van der Waals surface area (Å²) in [6, 6.07) is 14.5. The summed E-state index contributed by atoms with van der Waals surface area (Å²) >= 11 is 0. The van der Waals surface area contributed by atoms with E-state index in [1.807, 2.05) is 24.3 Å². The smallest absolute Gasteiger partial charge is 0.238 e. The molecule has 0 fully saturated rings. The highest BCUT2D eigenvalue weighted by Gasteiger charge is 2.02. The highest BCUT2D eigenvalue weighted by molar-refractivity contribution is 5.77. The summed E-state index contributed by atoms with van der Waals surface area (Å²) in [6.07, 6.45) is 1.05. The van der Waals surface area contributed by atoms with Crippen molar-refractivity contribution in [3.8, 4) is 5.75 Å². The summed E-state index contributed by atoms with van der Waals surface area (Å²) in [6.45, 7) is 0.420. The number of carbonyl (C=O) groups is 2. The number of benzene rings is 2. The number of aldehydes is 1. The molecule has 2 aromatic carbocycles. The van der Waals surface area contributed by atoms with Gasteiger partial charge in [0.25, 0.3) is 0 Å². The molecule has 3 N–H and O–H groups in total. The van der Waals surface area contributed by atoms with E-state index in [1.165, 1.54) is 0 Å². The SMILES string of the molecule is NNC(=O)Cc1ccc(COc2ccc(C=O)cc2)cc1. The van der Waals surface area contributed by atoms with E-state index in [0.29, 0.717) is 17.9 Å². The second-order valence-electron chi connectivity index (χ2n) is 4.54. The van der Waals surface area contributed by atoms with Crippen molar-refractivity contribution in [2.75, 3.05) is 0 Å². The molecule has 0 aliphatic carbocycles. The lowest BCUT2D eigenvalue weighted by atomic mass is 10.1. The first kappa shape index (κ1) is 14.7. The Morgan fingerprint density at radius 3 is 2.24 bits per heavy atom. The fraction of sp³-hybridized carbons (Fsp3) is 0.125. The number of ether oxygens (including phenoxy) is 1. The van der Waals surface area contributed by atoms with E-state index in [4.69, 9.17) is 10.6 Å². The minimum Gasteiger partial charge on any atom is -0.489 e. The largest absolute Gasteiger partial charge is 0.489 e. The monoisotopic (exact) mass is 284 g/mol. The zero-order chi connectivity index (χ0) is 15.1. The average Bonchev–Trinajstić information content (AvgIpc) is 2.54. The maximum absolute atomic E-state index is 11.1. The Morgan fingerprint density at radius 1 is 1.05 bits per heavy atom. The summed E-state index contributed by atoms with van der Waals surface area (Å²) in [5.74, 6) is 5.51. The molecule has 0 bridgehead atoms. The van der Waals surface area contributed by atoms with Crippen molar-refractivity contribution in [2.24, 2.45) is 5.84 Å². The number of nitrogens with one attached hydrogen (secondary N) is 1. The number of hydrogen-bond acceptors (Lipinski definition) is 4. The molecule has 2 aromatic rings. The quantitative estimate of drug-likeness (QED) is 0.365. The topological polar surface area (TPSA) is 81.4 Å². The molecular weight excluding hydrogens is 268 g/mol. The predicted octanol–water partition coefficient (Wildman–Crippen LogP) is 1.61. The van der Waals surface area contributed by atoms with Gasteiger partial charge in [0.05, 0.1) is 6.42 Å². The van der Waals surface area contributed by atoms with Gasteiger partial charge < -0.3 is 4.74 Å². The molecule has 21 heavy (non-hydrogen) atoms. The second kappa shape index (κ2) is 7.21. The Hall–Kier alpha value is -2.66. The molecule has 0 unspecified atom stereocenters. The van der Waals surface area contributed by atoms with Crippen LogP contribution in [0.1, 0.15) is 21.5 Å². The molecule has 1 amide bonds. The van der Waals surface area contributed by atoms with E-state index < -0.39 is 0 Å². The van der Waals surface area contributed by atoms with Crippen LogP contribution < -0.4 is 16.0 Å². The third kappa shape index (κ3) is 4.43. The van der Waals surface area contributed by atoms with Gasteiger partial charge in [-0.1, -0.05) is 24.3 Å². The molecule has 0 heterocycles. The molecule has 0 aromatic heterocycles. The van der Waals surface area contributed by atoms with Crippen LogP contribution in [0.3, 0.4) is 0 Å². The molecule has 108 valence electrons. The van der Waals surface area contributed by atoms with E-state index in [-0.39, 0.29) is 12.3 Å². The van der Waals surface area contributed by atoms with Gasteiger partial charge in [0, 0.05) is 5.56 Å². The van der Waals surface area contributed by atoms with E-state index in [1.54, 1.807) is 24.3 Å². The molecule has 0 aliphatic heterocycles. The minimum atomic E-state index is -0.228. The molecule has 0 saturated carbocycles. The average molecular weight is 284 g/mol. The van der Waals surface area contributed by atoms with Crippen LogP contribution in [0.15, 0.2) is 48.5 Å². The van der Waals surface area contributed by atoms with Gasteiger partial charge in [-0.3, -0.25) is 15.0 Å². The predicted molar refractivity (Wildman–Crippen MR) is 78.6 cm³/mol. The maximum atomic E-state index is 11.1. The Kier molecular flexibility index (Phi) is 5.06. The van der Waals surface area contributed by atoms with Crippen molar-refractivity contribution in [1.29, 1.82) is 0 Å². The molecule has 5 heteroatoms. The highest BCUT2D eigenvalue weighted by atomic mass is 16.5. The molecule has 0 aliphatic rings. The first-order valence-electron chi connectivity index (χ1n) is 6.46. The fourth-order valence-corrected chi connectivity index (χ4v) is 1.80. The van der Waals surface area contributed by atoms with Crippen LogP contribution in [0.4, 0.5) is 0 Å². The number of hydrazine groups is 1. The zero-order valence-electron chi connectivity index (χ0n) is 11.4. The van der Waals surface area contributed by atoms with E-state index in [0.717, 1.165) is 17.4 Å². The molecular formula is C16H16N2O3. The lowest BCUT2D eigenvalue weighted by molar-refractivity contribution is -0.120. The highest BCUT2D eigenvalue weighted by Crippen LogP contribution is 2.14. The van der Waals surface area contributed by atoms with Crippen LogP contribution in [0.25, 0.3) is 0 Å². The molecule has 5 nitrogen and oxygen atoms in total. The van der Waals surface area contributed by atoms with Crippen LogP contribution in [0, 0.1) is 0 Å². The summed E-state index contributed by atoms with van der Waals surface area (Å²) < 4.78 is 5.62. The molecule has 0 radical (unpaired) electrons. The summed E-state index contributed by atoms with van der Waals surface area (Å²) in [5, 5.41) is 0. The van der Waals surface area contributed by atoms with Crippen molar-refractivity contribution < 1.29 is 14.3 Å². The first-order valence-corrected chi connectivity index (χ1v) is 6.46. The molecule has 0 atom stereocenters. The van der Waals surface area contributed by atoms with Crippen LogP contribution in [-0.2, 0) is 17.8 Å².